The molecular formula is C29H39N5O4. The van der Waals surface area contributed by atoms with Gasteiger partial charge in [0, 0.05) is 25.3 Å². The molecule has 0 bridgehead atoms. The minimum Gasteiger partial charge on any atom is -0.497 e. The normalized spacial score (nSPS) is 10.7. The summed E-state index contributed by atoms with van der Waals surface area (Å²) in [5, 5.41) is 15.7. The SMILES string of the molecule is CCCCCc1cc(NCCCN)c([N+](=O)[O-])c(N(Cc2ccc(OC)cc2)Cc2ccc(OC)cc2)n1. The summed E-state index contributed by atoms with van der Waals surface area (Å²) in [6.07, 6.45) is 4.60. The highest BCUT2D eigenvalue weighted by atomic mass is 16.6. The number of nitrogens with two attached hydrogens (primary N) is 1. The summed E-state index contributed by atoms with van der Waals surface area (Å²) in [5.41, 5.74) is 8.95. The predicted molar refractivity (Wildman–Crippen MR) is 152 cm³/mol. The van der Waals surface area contributed by atoms with Gasteiger partial charge in [0.2, 0.25) is 5.82 Å². The molecule has 0 amide bonds. The molecule has 0 atom stereocenters. The molecule has 0 aliphatic heterocycles. The average molecular weight is 522 g/mol. The van der Waals surface area contributed by atoms with E-state index < -0.39 is 0 Å². The molecule has 3 aromatic rings. The third kappa shape index (κ3) is 8.08. The van der Waals surface area contributed by atoms with Crippen molar-refractivity contribution >= 4 is 17.2 Å². The lowest BCUT2D eigenvalue weighted by Crippen LogP contribution is -2.25. The van der Waals surface area contributed by atoms with Crippen LogP contribution in [0.4, 0.5) is 17.2 Å². The van der Waals surface area contributed by atoms with Gasteiger partial charge in [-0.05, 0) is 67.3 Å². The van der Waals surface area contributed by atoms with Crippen molar-refractivity contribution in [1.29, 1.82) is 0 Å². The Kier molecular flexibility index (Phi) is 11.2. The molecule has 204 valence electrons. The molecule has 3 N–H and O–H groups in total. The molecule has 9 heteroatoms. The van der Waals surface area contributed by atoms with Crippen LogP contribution in [-0.2, 0) is 19.5 Å². The Morgan fingerprint density at radius 1 is 0.947 bits per heavy atom. The van der Waals surface area contributed by atoms with Gasteiger partial charge in [0.1, 0.15) is 17.2 Å². The lowest BCUT2D eigenvalue weighted by molar-refractivity contribution is -0.383. The number of rotatable bonds is 16. The Morgan fingerprint density at radius 2 is 1.53 bits per heavy atom. The predicted octanol–water partition coefficient (Wildman–Crippen LogP) is 5.71. The first-order chi connectivity index (χ1) is 18.5. The summed E-state index contributed by atoms with van der Waals surface area (Å²) in [4.78, 5) is 19.0. The van der Waals surface area contributed by atoms with Crippen molar-refractivity contribution in [2.75, 3.05) is 37.5 Å². The van der Waals surface area contributed by atoms with Crippen LogP contribution in [0.2, 0.25) is 0 Å². The van der Waals surface area contributed by atoms with Crippen LogP contribution >= 0.6 is 0 Å². The molecule has 0 spiro atoms. The number of nitro groups is 1. The molecule has 1 heterocycles. The van der Waals surface area contributed by atoms with Gasteiger partial charge in [-0.1, -0.05) is 44.0 Å². The Labute approximate surface area is 225 Å². The summed E-state index contributed by atoms with van der Waals surface area (Å²) in [6.45, 7) is 4.07. The van der Waals surface area contributed by atoms with E-state index in [9.17, 15) is 10.1 Å². The van der Waals surface area contributed by atoms with Crippen LogP contribution in [-0.4, -0.2) is 37.2 Å². The molecule has 9 nitrogen and oxygen atoms in total. The summed E-state index contributed by atoms with van der Waals surface area (Å²) < 4.78 is 10.6. The molecule has 0 aliphatic carbocycles. The number of nitrogens with zero attached hydrogens (tertiary/aromatic N) is 3. The number of aryl methyl sites for hydroxylation is 1. The van der Waals surface area contributed by atoms with E-state index in [1.54, 1.807) is 14.2 Å². The summed E-state index contributed by atoms with van der Waals surface area (Å²) >= 11 is 0. The van der Waals surface area contributed by atoms with E-state index in [0.717, 1.165) is 54.0 Å². The Bertz CT molecular complexity index is 1100. The van der Waals surface area contributed by atoms with Crippen LogP contribution in [0.3, 0.4) is 0 Å². The fraction of sp³-hybridized carbons (Fsp3) is 0.414. The van der Waals surface area contributed by atoms with Crippen molar-refractivity contribution in [3.05, 3.63) is 81.5 Å². The molecule has 0 saturated heterocycles. The van der Waals surface area contributed by atoms with Crippen LogP contribution in [0.25, 0.3) is 0 Å². The number of hydrogen-bond donors (Lipinski definition) is 2. The fourth-order valence-corrected chi connectivity index (χ4v) is 4.23. The van der Waals surface area contributed by atoms with Crippen LogP contribution in [0, 0.1) is 10.1 Å². The largest absolute Gasteiger partial charge is 0.497 e. The second kappa shape index (κ2) is 14.8. The zero-order chi connectivity index (χ0) is 27.3. The first-order valence-electron chi connectivity index (χ1n) is 13.1. The number of benzene rings is 2. The molecule has 0 unspecified atom stereocenters. The molecule has 0 aliphatic rings. The smallest absolute Gasteiger partial charge is 0.334 e. The van der Waals surface area contributed by atoms with E-state index >= 15 is 0 Å². The van der Waals surface area contributed by atoms with Crippen LogP contribution < -0.4 is 25.4 Å². The molecule has 38 heavy (non-hydrogen) atoms. The van der Waals surface area contributed by atoms with Gasteiger partial charge in [-0.25, -0.2) is 4.98 Å². The zero-order valence-electron chi connectivity index (χ0n) is 22.6. The van der Waals surface area contributed by atoms with Crippen molar-refractivity contribution < 1.29 is 14.4 Å². The topological polar surface area (TPSA) is 116 Å². The number of anilines is 2. The fourth-order valence-electron chi connectivity index (χ4n) is 4.23. The monoisotopic (exact) mass is 521 g/mol. The molecular weight excluding hydrogens is 482 g/mol. The second-order valence-corrected chi connectivity index (χ2v) is 9.17. The number of pyridine rings is 1. The minimum absolute atomic E-state index is 0.0247. The lowest BCUT2D eigenvalue weighted by atomic mass is 10.1. The highest BCUT2D eigenvalue weighted by Gasteiger charge is 2.28. The Morgan fingerprint density at radius 3 is 2.00 bits per heavy atom. The van der Waals surface area contributed by atoms with Crippen molar-refractivity contribution in [3.63, 3.8) is 0 Å². The Balaban J connectivity index is 2.09. The third-order valence-electron chi connectivity index (χ3n) is 6.31. The van der Waals surface area contributed by atoms with E-state index in [-0.39, 0.29) is 10.6 Å². The highest BCUT2D eigenvalue weighted by molar-refractivity contribution is 5.74. The molecule has 0 radical (unpaired) electrons. The third-order valence-corrected chi connectivity index (χ3v) is 6.31. The van der Waals surface area contributed by atoms with Crippen LogP contribution in [0.15, 0.2) is 54.6 Å². The number of aromatic nitrogens is 1. The standard InChI is InChI=1S/C29H39N5O4/c1-4-5-6-8-24-19-27(31-18-7-17-30)28(34(35)36)29(32-24)33(20-22-9-13-25(37-2)14-10-22)21-23-11-15-26(38-3)16-12-23/h9-16,19H,4-8,17-18,20-21,30H2,1-3H3,(H,31,32). The maximum atomic E-state index is 12.5. The van der Waals surface area contributed by atoms with Crippen molar-refractivity contribution in [2.45, 2.75) is 52.1 Å². The minimum atomic E-state index is -0.335. The molecule has 0 saturated carbocycles. The van der Waals surface area contributed by atoms with Gasteiger partial charge >= 0.3 is 5.69 Å². The lowest BCUT2D eigenvalue weighted by Gasteiger charge is -2.25. The van der Waals surface area contributed by atoms with Crippen LogP contribution in [0.5, 0.6) is 11.5 Å². The summed E-state index contributed by atoms with van der Waals surface area (Å²) in [7, 11) is 3.25. The quantitative estimate of drug-likeness (QED) is 0.140. The number of hydrogen-bond acceptors (Lipinski definition) is 8. The first-order valence-corrected chi connectivity index (χ1v) is 13.1. The molecule has 3 rings (SSSR count). The Hall–Kier alpha value is -3.85. The summed E-state index contributed by atoms with van der Waals surface area (Å²) in [5.74, 6) is 1.86. The van der Waals surface area contributed by atoms with Crippen molar-refractivity contribution in [2.24, 2.45) is 5.73 Å². The second-order valence-electron chi connectivity index (χ2n) is 9.17. The van der Waals surface area contributed by atoms with E-state index in [4.69, 9.17) is 20.2 Å². The van der Waals surface area contributed by atoms with E-state index in [2.05, 4.69) is 12.2 Å². The van der Waals surface area contributed by atoms with Crippen molar-refractivity contribution in [3.8, 4) is 11.5 Å². The maximum Gasteiger partial charge on any atom is 0.334 e. The highest BCUT2D eigenvalue weighted by Crippen LogP contribution is 2.37. The van der Waals surface area contributed by atoms with Gasteiger partial charge in [0.05, 0.1) is 19.1 Å². The molecule has 2 aromatic carbocycles. The number of ether oxygens (including phenoxy) is 2. The van der Waals surface area contributed by atoms with Gasteiger partial charge in [0.25, 0.3) is 0 Å². The molecule has 0 fully saturated rings. The van der Waals surface area contributed by atoms with Gasteiger partial charge in [-0.2, -0.15) is 0 Å². The number of unbranched alkanes of at least 4 members (excludes halogenated alkanes) is 2. The van der Waals surface area contributed by atoms with Crippen molar-refractivity contribution in [1.82, 2.24) is 4.98 Å². The number of methoxy groups -OCH3 is 2. The summed E-state index contributed by atoms with van der Waals surface area (Å²) in [6, 6.07) is 17.3. The average Bonchev–Trinajstić information content (AvgIpc) is 2.93. The molecule has 1 aromatic heterocycles. The van der Waals surface area contributed by atoms with Gasteiger partial charge < -0.3 is 25.4 Å². The number of nitrogens with one attached hydrogen (secondary N) is 1. The van der Waals surface area contributed by atoms with E-state index in [1.165, 1.54) is 0 Å². The van der Waals surface area contributed by atoms with Gasteiger partial charge in [-0.15, -0.1) is 0 Å². The maximum absolute atomic E-state index is 12.5. The van der Waals surface area contributed by atoms with E-state index in [0.29, 0.717) is 44.1 Å². The van der Waals surface area contributed by atoms with Gasteiger partial charge in [-0.3, -0.25) is 10.1 Å². The van der Waals surface area contributed by atoms with Gasteiger partial charge in [0.15, 0.2) is 0 Å². The van der Waals surface area contributed by atoms with Crippen LogP contribution in [0.1, 0.15) is 49.4 Å². The first kappa shape index (κ1) is 28.7. The zero-order valence-corrected chi connectivity index (χ0v) is 22.6. The van der Waals surface area contributed by atoms with E-state index in [1.807, 2.05) is 59.5 Å².